The number of carbonyl (C=O) groups excluding carboxylic acids is 4. The van der Waals surface area contributed by atoms with Gasteiger partial charge in [0.2, 0.25) is 11.8 Å². The zero-order valence-corrected chi connectivity index (χ0v) is 23.7. The minimum atomic E-state index is -0.416. The smallest absolute Gasteiger partial charge is 0.417 e. The van der Waals surface area contributed by atoms with Crippen LogP contribution in [0.3, 0.4) is 0 Å². The van der Waals surface area contributed by atoms with Crippen molar-refractivity contribution >= 4 is 24.0 Å². The summed E-state index contributed by atoms with van der Waals surface area (Å²) in [4.78, 5) is 53.7. The molecular formula is C28H44N4O6. The maximum absolute atomic E-state index is 12.1. The highest BCUT2D eigenvalue weighted by atomic mass is 16.6. The molecule has 1 atom stereocenters. The van der Waals surface area contributed by atoms with Gasteiger partial charge in [0.05, 0.1) is 25.7 Å². The summed E-state index contributed by atoms with van der Waals surface area (Å²) in [7, 11) is 0. The van der Waals surface area contributed by atoms with Crippen LogP contribution in [-0.2, 0) is 19.1 Å². The Morgan fingerprint density at radius 2 is 1.16 bits per heavy atom. The van der Waals surface area contributed by atoms with Gasteiger partial charge in [-0.1, -0.05) is 24.3 Å². The average Bonchev–Trinajstić information content (AvgIpc) is 2.91. The van der Waals surface area contributed by atoms with Crippen LogP contribution in [0, 0.1) is 5.92 Å². The molecule has 2 aliphatic rings. The Balaban J connectivity index is 0.000000380. The predicted molar refractivity (Wildman–Crippen MR) is 147 cm³/mol. The molecule has 4 amide bonds. The normalized spacial score (nSPS) is 16.0. The van der Waals surface area contributed by atoms with E-state index in [0.717, 1.165) is 13.1 Å². The van der Waals surface area contributed by atoms with Crippen molar-refractivity contribution in [1.29, 1.82) is 0 Å². The summed E-state index contributed by atoms with van der Waals surface area (Å²) in [6.07, 6.45) is 14.0. The highest BCUT2D eigenvalue weighted by Gasteiger charge is 2.26. The van der Waals surface area contributed by atoms with E-state index in [0.29, 0.717) is 32.7 Å². The van der Waals surface area contributed by atoms with Crippen LogP contribution in [0.5, 0.6) is 0 Å². The lowest BCUT2D eigenvalue weighted by Gasteiger charge is -2.29. The molecule has 10 heteroatoms. The molecule has 1 unspecified atom stereocenters. The minimum absolute atomic E-state index is 0.0405. The van der Waals surface area contributed by atoms with Crippen molar-refractivity contribution in [3.05, 3.63) is 49.0 Å². The second-order valence-electron chi connectivity index (χ2n) is 8.39. The van der Waals surface area contributed by atoms with Crippen molar-refractivity contribution in [1.82, 2.24) is 19.6 Å². The van der Waals surface area contributed by atoms with Gasteiger partial charge >= 0.3 is 12.2 Å². The Labute approximate surface area is 227 Å². The van der Waals surface area contributed by atoms with Crippen LogP contribution in [0.15, 0.2) is 49.0 Å². The first-order chi connectivity index (χ1) is 18.3. The van der Waals surface area contributed by atoms with E-state index in [1.54, 1.807) is 48.3 Å². The minimum Gasteiger partial charge on any atom is -0.449 e. The Morgan fingerprint density at radius 1 is 0.658 bits per heavy atom. The number of carbonyl (C=O) groups is 4. The topological polar surface area (TPSA) is 99.7 Å². The molecule has 212 valence electrons. The van der Waals surface area contributed by atoms with Crippen LogP contribution < -0.4 is 0 Å². The molecule has 0 saturated heterocycles. The van der Waals surface area contributed by atoms with Gasteiger partial charge < -0.3 is 19.3 Å². The molecule has 0 aromatic carbocycles. The molecule has 0 bridgehead atoms. The van der Waals surface area contributed by atoms with Crippen LogP contribution in [0.1, 0.15) is 54.4 Å². The van der Waals surface area contributed by atoms with Gasteiger partial charge in [0.1, 0.15) is 0 Å². The van der Waals surface area contributed by atoms with E-state index in [2.05, 4.69) is 0 Å². The molecule has 0 aliphatic carbocycles. The van der Waals surface area contributed by atoms with Gasteiger partial charge in [0.25, 0.3) is 0 Å². The van der Waals surface area contributed by atoms with E-state index >= 15 is 0 Å². The van der Waals surface area contributed by atoms with Gasteiger partial charge in [0, 0.05) is 57.1 Å². The van der Waals surface area contributed by atoms with Crippen LogP contribution in [0.4, 0.5) is 9.59 Å². The second kappa shape index (κ2) is 17.8. The highest BCUT2D eigenvalue weighted by Crippen LogP contribution is 2.17. The molecule has 10 nitrogen and oxygen atoms in total. The molecule has 0 fully saturated rings. The second-order valence-corrected chi connectivity index (χ2v) is 8.39. The van der Waals surface area contributed by atoms with Gasteiger partial charge in [-0.05, 0) is 47.6 Å². The quantitative estimate of drug-likeness (QED) is 0.410. The van der Waals surface area contributed by atoms with Crippen LogP contribution in [0.2, 0.25) is 0 Å². The van der Waals surface area contributed by atoms with Crippen LogP contribution in [0.25, 0.3) is 0 Å². The maximum Gasteiger partial charge on any atom is 0.417 e. The molecule has 0 saturated carbocycles. The fourth-order valence-electron chi connectivity index (χ4n) is 3.87. The van der Waals surface area contributed by atoms with Gasteiger partial charge in [-0.3, -0.25) is 19.4 Å². The molecule has 0 spiro atoms. The molecule has 0 aromatic heterocycles. The summed E-state index contributed by atoms with van der Waals surface area (Å²) < 4.78 is 9.86. The molecule has 0 radical (unpaired) electrons. The van der Waals surface area contributed by atoms with Crippen molar-refractivity contribution < 1.29 is 28.7 Å². The molecule has 0 aromatic rings. The van der Waals surface area contributed by atoms with Crippen molar-refractivity contribution in [2.45, 2.75) is 60.4 Å². The summed E-state index contributed by atoms with van der Waals surface area (Å²) in [5.74, 6) is 0.219. The van der Waals surface area contributed by atoms with E-state index in [-0.39, 0.29) is 30.2 Å². The number of ether oxygens (including phenoxy) is 2. The Morgan fingerprint density at radius 3 is 1.66 bits per heavy atom. The number of rotatable bonds is 10. The first-order valence-electron chi connectivity index (χ1n) is 13.4. The first-order valence-corrected chi connectivity index (χ1v) is 13.4. The summed E-state index contributed by atoms with van der Waals surface area (Å²) in [6, 6.07) is -0.267. The van der Waals surface area contributed by atoms with E-state index in [9.17, 15) is 19.2 Å². The van der Waals surface area contributed by atoms with E-state index in [4.69, 9.17) is 9.47 Å². The van der Waals surface area contributed by atoms with Gasteiger partial charge in [-0.15, -0.1) is 0 Å². The summed E-state index contributed by atoms with van der Waals surface area (Å²) >= 11 is 0. The molecule has 38 heavy (non-hydrogen) atoms. The van der Waals surface area contributed by atoms with Crippen molar-refractivity contribution in [2.75, 3.05) is 39.4 Å². The number of hydrogen-bond acceptors (Lipinski definition) is 6. The molecule has 2 rings (SSSR count). The highest BCUT2D eigenvalue weighted by molar-refractivity contribution is 5.79. The van der Waals surface area contributed by atoms with Gasteiger partial charge in [0.15, 0.2) is 0 Å². The fraction of sp³-hybridized carbons (Fsp3) is 0.571. The number of hydrogen-bond donors (Lipinski definition) is 0. The zero-order valence-electron chi connectivity index (χ0n) is 23.7. The van der Waals surface area contributed by atoms with Gasteiger partial charge in [-0.25, -0.2) is 9.59 Å². The Hall–Kier alpha value is -3.56. The lowest BCUT2D eigenvalue weighted by Crippen LogP contribution is -2.41. The lowest BCUT2D eigenvalue weighted by atomic mass is 10.0. The summed E-state index contributed by atoms with van der Waals surface area (Å²) in [5, 5.41) is 0. The van der Waals surface area contributed by atoms with Crippen molar-refractivity contribution in [2.24, 2.45) is 5.92 Å². The lowest BCUT2D eigenvalue weighted by molar-refractivity contribution is -0.132. The maximum atomic E-state index is 12.1. The SMILES string of the molecule is CCOC(=O)N1C=CC(CC(=O)N(CC)CC)C=C1.CCOC(=O)N1C=CC=CC1CC(=O)N(CC)CC. The predicted octanol–water partition coefficient (Wildman–Crippen LogP) is 4.52. The van der Waals surface area contributed by atoms with Crippen molar-refractivity contribution in [3.8, 4) is 0 Å². The fourth-order valence-corrected chi connectivity index (χ4v) is 3.87. The number of nitrogens with zero attached hydrogens (tertiary/aromatic N) is 4. The average molecular weight is 533 g/mol. The summed E-state index contributed by atoms with van der Waals surface area (Å²) in [5.41, 5.74) is 0. The first kappa shape index (κ1) is 32.5. The third-order valence-corrected chi connectivity index (χ3v) is 6.02. The van der Waals surface area contributed by atoms with E-state index in [1.165, 1.54) is 9.80 Å². The Bertz CT molecular complexity index is 876. The van der Waals surface area contributed by atoms with Crippen LogP contribution >= 0.6 is 0 Å². The third kappa shape index (κ3) is 10.4. The number of amides is 4. The largest absolute Gasteiger partial charge is 0.449 e. The molecule has 0 N–H and O–H groups in total. The molecule has 2 aliphatic heterocycles. The zero-order chi connectivity index (χ0) is 28.5. The van der Waals surface area contributed by atoms with Crippen LogP contribution in [-0.4, -0.2) is 89.0 Å². The monoisotopic (exact) mass is 532 g/mol. The van der Waals surface area contributed by atoms with Crippen molar-refractivity contribution in [3.63, 3.8) is 0 Å². The van der Waals surface area contributed by atoms with Gasteiger partial charge in [-0.2, -0.15) is 0 Å². The Kier molecular flexibility index (Phi) is 15.2. The van der Waals surface area contributed by atoms with E-state index < -0.39 is 12.2 Å². The third-order valence-electron chi connectivity index (χ3n) is 6.02. The number of allylic oxidation sites excluding steroid dienone is 4. The summed E-state index contributed by atoms with van der Waals surface area (Å²) in [6.45, 7) is 14.8. The molecule has 2 heterocycles. The standard InChI is InChI=1S/2C14H22N2O3/c1-4-15(5-2)13(17)11-12-7-9-16(10-8-12)14(18)19-6-3;1-4-15(5-2)13(17)11-12-9-7-8-10-16(12)14(18)19-6-3/h2*7-10,12H,4-6,11H2,1-3H3. The van der Waals surface area contributed by atoms with E-state index in [1.807, 2.05) is 52.0 Å². The molecular weight excluding hydrogens is 488 g/mol.